The summed E-state index contributed by atoms with van der Waals surface area (Å²) < 4.78 is 0. The first kappa shape index (κ1) is 13.2. The molecule has 1 heterocycles. The van der Waals surface area contributed by atoms with E-state index in [1.54, 1.807) is 6.07 Å². The van der Waals surface area contributed by atoms with E-state index in [9.17, 15) is 0 Å². The number of nitrogens with zero attached hydrogens (tertiary/aromatic N) is 1. The van der Waals surface area contributed by atoms with Crippen LogP contribution in [0.15, 0.2) is 12.1 Å². The van der Waals surface area contributed by atoms with Crippen LogP contribution in [-0.4, -0.2) is 4.98 Å². The molecule has 100 valence electrons. The van der Waals surface area contributed by atoms with Crippen molar-refractivity contribution in [2.45, 2.75) is 38.6 Å². The topological polar surface area (TPSA) is 38.9 Å². The Labute approximate surface area is 122 Å². The molecule has 1 aliphatic rings. The maximum atomic E-state index is 6.29. The van der Waals surface area contributed by atoms with Gasteiger partial charge >= 0.3 is 0 Å². The van der Waals surface area contributed by atoms with E-state index in [1.807, 2.05) is 13.0 Å². The third kappa shape index (κ3) is 2.22. The number of hydrogen-bond acceptors (Lipinski definition) is 2. The van der Waals surface area contributed by atoms with Crippen molar-refractivity contribution in [3.8, 4) is 0 Å². The second-order valence-corrected chi connectivity index (χ2v) is 6.07. The summed E-state index contributed by atoms with van der Waals surface area (Å²) >= 11 is 12.4. The fourth-order valence-corrected chi connectivity index (χ4v) is 3.54. The van der Waals surface area contributed by atoms with Crippen molar-refractivity contribution in [3.05, 3.63) is 39.0 Å². The molecule has 2 nitrogen and oxygen atoms in total. The molecular formula is C15H16Cl2N2. The Balaban J connectivity index is 2.42. The van der Waals surface area contributed by atoms with Crippen LogP contribution in [0.2, 0.25) is 10.0 Å². The molecule has 0 aliphatic heterocycles. The van der Waals surface area contributed by atoms with E-state index in [0.29, 0.717) is 10.0 Å². The predicted octanol–water partition coefficient (Wildman–Crippen LogP) is 4.44. The van der Waals surface area contributed by atoms with E-state index in [2.05, 4.69) is 0 Å². The number of nitrogens with two attached hydrogens (primary N) is 1. The van der Waals surface area contributed by atoms with Crippen LogP contribution in [0.3, 0.4) is 0 Å². The van der Waals surface area contributed by atoms with E-state index in [-0.39, 0.29) is 6.04 Å². The monoisotopic (exact) mass is 294 g/mol. The summed E-state index contributed by atoms with van der Waals surface area (Å²) in [5.74, 6) is 0. The summed E-state index contributed by atoms with van der Waals surface area (Å²) in [6.45, 7) is 2.01. The molecule has 0 bridgehead atoms. The smallest absolute Gasteiger partial charge is 0.0896 e. The van der Waals surface area contributed by atoms with Crippen LogP contribution in [-0.2, 0) is 12.8 Å². The normalized spacial score (nSPS) is 16.4. The second-order valence-electron chi connectivity index (χ2n) is 5.23. The standard InChI is InChI=1S/C15H16Cl2N2/c1-8(18)14-10-4-2-3-5-13(10)19-15-11(14)6-9(16)7-12(15)17/h6-8H,2-5,18H2,1H3. The zero-order valence-electron chi connectivity index (χ0n) is 10.8. The van der Waals surface area contributed by atoms with Gasteiger partial charge in [-0.3, -0.25) is 4.98 Å². The van der Waals surface area contributed by atoms with Gasteiger partial charge in [-0.2, -0.15) is 0 Å². The fraction of sp³-hybridized carbons (Fsp3) is 0.400. The molecule has 0 saturated carbocycles. The number of rotatable bonds is 1. The molecule has 1 aliphatic carbocycles. The van der Waals surface area contributed by atoms with Crippen molar-refractivity contribution >= 4 is 34.1 Å². The van der Waals surface area contributed by atoms with Gasteiger partial charge in [0.05, 0.1) is 10.5 Å². The van der Waals surface area contributed by atoms with Crippen LogP contribution in [0.5, 0.6) is 0 Å². The first-order valence-electron chi connectivity index (χ1n) is 6.64. The van der Waals surface area contributed by atoms with Crippen molar-refractivity contribution in [2.75, 3.05) is 0 Å². The van der Waals surface area contributed by atoms with E-state index in [1.165, 1.54) is 24.0 Å². The Morgan fingerprint density at radius 2 is 1.95 bits per heavy atom. The molecule has 19 heavy (non-hydrogen) atoms. The molecule has 2 aromatic rings. The zero-order chi connectivity index (χ0) is 13.6. The van der Waals surface area contributed by atoms with Gasteiger partial charge in [0.15, 0.2) is 0 Å². The van der Waals surface area contributed by atoms with Gasteiger partial charge < -0.3 is 5.73 Å². The van der Waals surface area contributed by atoms with Crippen LogP contribution >= 0.6 is 23.2 Å². The first-order chi connectivity index (χ1) is 9.08. The van der Waals surface area contributed by atoms with Gasteiger partial charge in [-0.25, -0.2) is 0 Å². The highest BCUT2D eigenvalue weighted by Crippen LogP contribution is 2.36. The molecular weight excluding hydrogens is 279 g/mol. The van der Waals surface area contributed by atoms with Gasteiger partial charge in [0.1, 0.15) is 0 Å². The van der Waals surface area contributed by atoms with Crippen molar-refractivity contribution in [3.63, 3.8) is 0 Å². The van der Waals surface area contributed by atoms with Crippen molar-refractivity contribution in [1.82, 2.24) is 4.98 Å². The van der Waals surface area contributed by atoms with Crippen molar-refractivity contribution in [1.29, 1.82) is 0 Å². The third-order valence-electron chi connectivity index (χ3n) is 3.78. The molecule has 0 fully saturated rings. The van der Waals surface area contributed by atoms with Gasteiger partial charge in [-0.15, -0.1) is 0 Å². The zero-order valence-corrected chi connectivity index (χ0v) is 12.4. The van der Waals surface area contributed by atoms with Gasteiger partial charge in [0.25, 0.3) is 0 Å². The predicted molar refractivity (Wildman–Crippen MR) is 81.0 cm³/mol. The average Bonchev–Trinajstić information content (AvgIpc) is 2.36. The van der Waals surface area contributed by atoms with Gasteiger partial charge in [0.2, 0.25) is 0 Å². The lowest BCUT2D eigenvalue weighted by Crippen LogP contribution is -2.15. The number of aryl methyl sites for hydroxylation is 1. The molecule has 0 radical (unpaired) electrons. The molecule has 4 heteroatoms. The Hall–Kier alpha value is -0.830. The average molecular weight is 295 g/mol. The number of fused-ring (bicyclic) bond motifs is 2. The van der Waals surface area contributed by atoms with E-state index < -0.39 is 0 Å². The summed E-state index contributed by atoms with van der Waals surface area (Å²) in [4.78, 5) is 4.75. The quantitative estimate of drug-likeness (QED) is 0.844. The molecule has 3 rings (SSSR count). The van der Waals surface area contributed by atoms with Crippen LogP contribution in [0.1, 0.15) is 42.6 Å². The second kappa shape index (κ2) is 4.93. The van der Waals surface area contributed by atoms with Crippen molar-refractivity contribution < 1.29 is 0 Å². The lowest BCUT2D eigenvalue weighted by Gasteiger charge is -2.23. The number of pyridine rings is 1. The van der Waals surface area contributed by atoms with Crippen LogP contribution < -0.4 is 5.73 Å². The minimum atomic E-state index is -0.0353. The maximum absolute atomic E-state index is 6.29. The Morgan fingerprint density at radius 1 is 1.21 bits per heavy atom. The highest BCUT2D eigenvalue weighted by atomic mass is 35.5. The fourth-order valence-electron chi connectivity index (χ4n) is 3.01. The summed E-state index contributed by atoms with van der Waals surface area (Å²) in [5.41, 5.74) is 10.7. The maximum Gasteiger partial charge on any atom is 0.0896 e. The SMILES string of the molecule is CC(N)c1c2c(nc3c(Cl)cc(Cl)cc13)CCCC2. The molecule has 0 saturated heterocycles. The summed E-state index contributed by atoms with van der Waals surface area (Å²) in [7, 11) is 0. The molecule has 1 aromatic heterocycles. The number of hydrogen-bond donors (Lipinski definition) is 1. The highest BCUT2D eigenvalue weighted by Gasteiger charge is 2.21. The summed E-state index contributed by atoms with van der Waals surface area (Å²) in [6, 6.07) is 3.65. The Bertz CT molecular complexity index is 650. The minimum Gasteiger partial charge on any atom is -0.324 e. The summed E-state index contributed by atoms with van der Waals surface area (Å²) in [5, 5.41) is 2.25. The number of benzene rings is 1. The van der Waals surface area contributed by atoms with E-state index >= 15 is 0 Å². The molecule has 1 atom stereocenters. The van der Waals surface area contributed by atoms with Crippen LogP contribution in [0.4, 0.5) is 0 Å². The molecule has 2 N–H and O–H groups in total. The minimum absolute atomic E-state index is 0.0353. The third-order valence-corrected chi connectivity index (χ3v) is 4.29. The summed E-state index contributed by atoms with van der Waals surface area (Å²) in [6.07, 6.45) is 4.46. The van der Waals surface area contributed by atoms with E-state index in [0.717, 1.165) is 29.4 Å². The largest absolute Gasteiger partial charge is 0.324 e. The molecule has 1 aromatic carbocycles. The van der Waals surface area contributed by atoms with Gasteiger partial charge in [-0.05, 0) is 55.9 Å². The van der Waals surface area contributed by atoms with Crippen LogP contribution in [0.25, 0.3) is 10.9 Å². The first-order valence-corrected chi connectivity index (χ1v) is 7.39. The number of aromatic nitrogens is 1. The van der Waals surface area contributed by atoms with Crippen LogP contribution in [0, 0.1) is 0 Å². The van der Waals surface area contributed by atoms with Crippen molar-refractivity contribution in [2.24, 2.45) is 5.73 Å². The number of halogens is 2. The Kier molecular flexibility index (Phi) is 3.42. The molecule has 0 spiro atoms. The highest BCUT2D eigenvalue weighted by molar-refractivity contribution is 6.38. The Morgan fingerprint density at radius 3 is 2.68 bits per heavy atom. The van der Waals surface area contributed by atoms with E-state index in [4.69, 9.17) is 33.9 Å². The molecule has 1 unspecified atom stereocenters. The van der Waals surface area contributed by atoms with Gasteiger partial charge in [0, 0.05) is 22.1 Å². The lowest BCUT2D eigenvalue weighted by atomic mass is 9.87. The van der Waals surface area contributed by atoms with Gasteiger partial charge in [-0.1, -0.05) is 23.2 Å². The molecule has 0 amide bonds. The lowest BCUT2D eigenvalue weighted by molar-refractivity contribution is 0.655.